The molecular formula is C26H55N. The number of rotatable bonds is 22. The van der Waals surface area contributed by atoms with E-state index in [4.69, 9.17) is 0 Å². The molecule has 0 aromatic heterocycles. The highest BCUT2D eigenvalue weighted by Crippen LogP contribution is 2.11. The van der Waals surface area contributed by atoms with Crippen LogP contribution in [0.1, 0.15) is 142 Å². The third kappa shape index (κ3) is 30.7. The van der Waals surface area contributed by atoms with Gasteiger partial charge in [0.1, 0.15) is 0 Å². The summed E-state index contributed by atoms with van der Waals surface area (Å²) >= 11 is 0. The van der Waals surface area contributed by atoms with E-state index < -0.39 is 0 Å². The molecule has 0 saturated carbocycles. The van der Waals surface area contributed by atoms with Gasteiger partial charge in [-0.1, -0.05) is 129 Å². The van der Waals surface area contributed by atoms with Crippen molar-refractivity contribution in [1.82, 2.24) is 5.32 Å². The Bertz CT molecular complexity index is 204. The van der Waals surface area contributed by atoms with E-state index in [-0.39, 0.29) is 0 Å². The Hall–Kier alpha value is -0.300. The summed E-state index contributed by atoms with van der Waals surface area (Å²) in [5.41, 5.74) is 0. The minimum atomic E-state index is 1.24. The molecule has 0 aromatic carbocycles. The Balaban J connectivity index is 0. The van der Waals surface area contributed by atoms with E-state index in [1.807, 2.05) is 0 Å². The van der Waals surface area contributed by atoms with Crippen molar-refractivity contribution >= 4 is 0 Å². The fourth-order valence-electron chi connectivity index (χ4n) is 3.60. The molecule has 0 aliphatic heterocycles. The molecule has 1 N–H and O–H groups in total. The van der Waals surface area contributed by atoms with E-state index in [1.165, 1.54) is 142 Å². The topological polar surface area (TPSA) is 12.0 Å². The molecule has 0 heterocycles. The maximum absolute atomic E-state index is 3.64. The number of unbranched alkanes of at least 4 members (excludes halogenated alkanes) is 18. The zero-order chi connectivity index (χ0) is 20.3. The van der Waals surface area contributed by atoms with Crippen LogP contribution in [0, 0.1) is 0 Å². The quantitative estimate of drug-likeness (QED) is 0.145. The lowest BCUT2D eigenvalue weighted by Gasteiger charge is -2.05. The van der Waals surface area contributed by atoms with Gasteiger partial charge < -0.3 is 5.32 Å². The largest absolute Gasteiger partial charge is 0.317 e. The van der Waals surface area contributed by atoms with Gasteiger partial charge in [0.25, 0.3) is 0 Å². The summed E-state index contributed by atoms with van der Waals surface area (Å²) in [7, 11) is 0. The third-order valence-electron chi connectivity index (χ3n) is 5.41. The molecule has 0 radical (unpaired) electrons. The van der Waals surface area contributed by atoms with Crippen molar-refractivity contribution in [3.8, 4) is 0 Å². The van der Waals surface area contributed by atoms with Crippen LogP contribution < -0.4 is 5.32 Å². The smallest absolute Gasteiger partial charge is 0.00489 e. The lowest BCUT2D eigenvalue weighted by molar-refractivity contribution is 0.525. The Kier molecular flexibility index (Phi) is 32.6. The molecule has 0 atom stereocenters. The van der Waals surface area contributed by atoms with Gasteiger partial charge in [-0.2, -0.15) is 0 Å². The fourth-order valence-corrected chi connectivity index (χ4v) is 3.60. The molecule has 0 unspecified atom stereocenters. The van der Waals surface area contributed by atoms with Crippen molar-refractivity contribution < 1.29 is 0 Å². The first-order valence-electron chi connectivity index (χ1n) is 12.6. The summed E-state index contributed by atoms with van der Waals surface area (Å²) < 4.78 is 0. The average molecular weight is 382 g/mol. The van der Waals surface area contributed by atoms with E-state index in [0.29, 0.717) is 0 Å². The minimum Gasteiger partial charge on any atom is -0.317 e. The second-order valence-electron chi connectivity index (χ2n) is 8.11. The standard InChI is InChI=1S/C24H51N.C2H4/c1-3-5-7-9-11-13-15-17-19-21-23-25-24-22-20-18-16-14-12-10-8-6-4-2;1-2/h25H,3-24H2,1-2H3;1-2H2. The van der Waals surface area contributed by atoms with Crippen LogP contribution in [0.5, 0.6) is 0 Å². The van der Waals surface area contributed by atoms with Crippen molar-refractivity contribution in [2.75, 3.05) is 13.1 Å². The number of hydrogen-bond acceptors (Lipinski definition) is 1. The first-order valence-corrected chi connectivity index (χ1v) is 12.6. The predicted molar refractivity (Wildman–Crippen MR) is 128 cm³/mol. The van der Waals surface area contributed by atoms with Crippen molar-refractivity contribution in [3.63, 3.8) is 0 Å². The monoisotopic (exact) mass is 381 g/mol. The second-order valence-corrected chi connectivity index (χ2v) is 8.11. The fraction of sp³-hybridized carbons (Fsp3) is 0.923. The lowest BCUT2D eigenvalue weighted by atomic mass is 10.1. The highest BCUT2D eigenvalue weighted by atomic mass is 14.8. The van der Waals surface area contributed by atoms with Crippen LogP contribution in [-0.4, -0.2) is 13.1 Å². The first-order chi connectivity index (χ1) is 13.4. The van der Waals surface area contributed by atoms with Gasteiger partial charge in [-0.05, 0) is 25.9 Å². The molecule has 0 amide bonds. The van der Waals surface area contributed by atoms with Gasteiger partial charge in [-0.3, -0.25) is 0 Å². The second kappa shape index (κ2) is 30.4. The maximum Gasteiger partial charge on any atom is -0.00489 e. The van der Waals surface area contributed by atoms with Crippen molar-refractivity contribution in [2.45, 2.75) is 142 Å². The van der Waals surface area contributed by atoms with Gasteiger partial charge in [0.15, 0.2) is 0 Å². The van der Waals surface area contributed by atoms with Gasteiger partial charge in [-0.25, -0.2) is 0 Å². The van der Waals surface area contributed by atoms with Crippen LogP contribution in [0.15, 0.2) is 13.2 Å². The van der Waals surface area contributed by atoms with E-state index in [0.717, 1.165) is 0 Å². The van der Waals surface area contributed by atoms with E-state index in [2.05, 4.69) is 32.3 Å². The molecule has 0 spiro atoms. The van der Waals surface area contributed by atoms with Gasteiger partial charge in [0, 0.05) is 0 Å². The van der Waals surface area contributed by atoms with Crippen molar-refractivity contribution in [1.29, 1.82) is 0 Å². The highest BCUT2D eigenvalue weighted by molar-refractivity contribution is 4.53. The number of hydrogen-bond donors (Lipinski definition) is 1. The molecule has 1 heteroatoms. The molecule has 0 aromatic rings. The molecule has 0 fully saturated rings. The molecule has 0 bridgehead atoms. The zero-order valence-corrected chi connectivity index (χ0v) is 19.5. The Morgan fingerprint density at radius 1 is 0.370 bits per heavy atom. The SMILES string of the molecule is C=C.CCCCCCCCCCCCNCCCCCCCCCCCC. The van der Waals surface area contributed by atoms with Crippen LogP contribution in [0.2, 0.25) is 0 Å². The Labute approximate surface area is 174 Å². The molecular weight excluding hydrogens is 326 g/mol. The van der Waals surface area contributed by atoms with Crippen LogP contribution in [-0.2, 0) is 0 Å². The predicted octanol–water partition coefficient (Wildman–Crippen LogP) is 9.22. The van der Waals surface area contributed by atoms with Crippen LogP contribution in [0.3, 0.4) is 0 Å². The van der Waals surface area contributed by atoms with E-state index >= 15 is 0 Å². The summed E-state index contributed by atoms with van der Waals surface area (Å²) in [6.07, 6.45) is 28.8. The molecule has 0 aliphatic carbocycles. The summed E-state index contributed by atoms with van der Waals surface area (Å²) in [6.45, 7) is 13.1. The molecule has 1 nitrogen and oxygen atoms in total. The maximum atomic E-state index is 3.64. The van der Waals surface area contributed by atoms with Crippen LogP contribution >= 0.6 is 0 Å². The average Bonchev–Trinajstić information content (AvgIpc) is 2.70. The summed E-state index contributed by atoms with van der Waals surface area (Å²) in [5, 5.41) is 3.64. The summed E-state index contributed by atoms with van der Waals surface area (Å²) in [5.74, 6) is 0. The molecule has 0 rings (SSSR count). The Morgan fingerprint density at radius 3 is 0.852 bits per heavy atom. The molecule has 0 saturated heterocycles. The van der Waals surface area contributed by atoms with Crippen molar-refractivity contribution in [3.05, 3.63) is 13.2 Å². The minimum absolute atomic E-state index is 1.24. The normalized spacial score (nSPS) is 10.6. The third-order valence-corrected chi connectivity index (χ3v) is 5.41. The molecule has 27 heavy (non-hydrogen) atoms. The van der Waals surface area contributed by atoms with Crippen LogP contribution in [0.25, 0.3) is 0 Å². The van der Waals surface area contributed by atoms with Crippen LogP contribution in [0.4, 0.5) is 0 Å². The van der Waals surface area contributed by atoms with E-state index in [1.54, 1.807) is 0 Å². The van der Waals surface area contributed by atoms with Gasteiger partial charge in [0.2, 0.25) is 0 Å². The lowest BCUT2D eigenvalue weighted by Crippen LogP contribution is -2.16. The molecule has 164 valence electrons. The van der Waals surface area contributed by atoms with Gasteiger partial charge in [-0.15, -0.1) is 13.2 Å². The zero-order valence-electron chi connectivity index (χ0n) is 19.5. The van der Waals surface area contributed by atoms with E-state index in [9.17, 15) is 0 Å². The van der Waals surface area contributed by atoms with Gasteiger partial charge in [0.05, 0.1) is 0 Å². The van der Waals surface area contributed by atoms with Gasteiger partial charge >= 0.3 is 0 Å². The Morgan fingerprint density at radius 2 is 0.593 bits per heavy atom. The summed E-state index contributed by atoms with van der Waals surface area (Å²) in [4.78, 5) is 0. The molecule has 0 aliphatic rings. The first kappa shape index (κ1) is 28.9. The van der Waals surface area contributed by atoms with Crippen molar-refractivity contribution in [2.24, 2.45) is 0 Å². The summed E-state index contributed by atoms with van der Waals surface area (Å²) in [6, 6.07) is 0. The number of nitrogens with one attached hydrogen (secondary N) is 1. The highest BCUT2D eigenvalue weighted by Gasteiger charge is 1.94.